The van der Waals surface area contributed by atoms with E-state index in [9.17, 15) is 18.8 Å². The SMILES string of the molecule is CCCCC[C@](C)(CCC(C)=O)Nc1nc(N)nc2cc(Cl)cnc12.CCCCC[C@](C)(CCC(C)=O)Nc1nc(N)nc2cccnc12.CCCC[C@@](C)(CC)Nc1nc(N)nc2cc(F)cnc12.CCCC[C@@](C)(CC)Nc1nc(N)nc2cccnc12.CCCC[C@@](C)(CCC(C)=O)Nc1nc(N)nc2cc(Cl)cnc12.CCC[C@](C)(CC)Nc1nc(N)nc2cccnc12. The molecule has 0 aliphatic carbocycles. The largest absolute Gasteiger partial charge is 0.368 e. The number of nitrogens with two attached hydrogens (primary N) is 6. The van der Waals surface area contributed by atoms with Crippen LogP contribution in [0.2, 0.25) is 10.0 Å². The molecule has 0 aliphatic rings. The second-order valence-electron chi connectivity index (χ2n) is 36.0. The Morgan fingerprint density at radius 3 is 0.812 bits per heavy atom. The van der Waals surface area contributed by atoms with Crippen LogP contribution in [0.15, 0.2) is 91.8 Å². The predicted octanol–water partition coefficient (Wildman–Crippen LogP) is 22.0. The maximum atomic E-state index is 13.3. The molecule has 6 atom stereocenters. The maximum Gasteiger partial charge on any atom is 0.222 e. The number of nitrogens with zero attached hydrogens (tertiary/aromatic N) is 18. The Kier molecular flexibility index (Phi) is 42.2. The number of hydrogen-bond acceptors (Lipinski definition) is 33. The summed E-state index contributed by atoms with van der Waals surface area (Å²) in [6.07, 6.45) is 37.0. The van der Waals surface area contributed by atoms with Crippen LogP contribution in [0.1, 0.15) is 304 Å². The van der Waals surface area contributed by atoms with E-state index in [-0.39, 0.29) is 86.3 Å². The minimum absolute atomic E-state index is 0.00000520. The lowest BCUT2D eigenvalue weighted by Crippen LogP contribution is -2.36. The zero-order chi connectivity index (χ0) is 97.7. The van der Waals surface area contributed by atoms with Crippen LogP contribution >= 0.6 is 23.2 Å². The molecule has 0 spiro atoms. The minimum atomic E-state index is -0.434. The number of Topliss-reactive ketones (excluding diaryl/α,β-unsaturated/α-hetero) is 3. The topological polar surface area (TPSA) is 512 Å². The van der Waals surface area contributed by atoms with Crippen LogP contribution in [-0.4, -0.2) is 140 Å². The third kappa shape index (κ3) is 34.6. The molecule has 12 aromatic heterocycles. The lowest BCUT2D eigenvalue weighted by atomic mass is 9.88. The average molecular weight is 1870 g/mol. The molecule has 0 fully saturated rings. The number of nitrogens with one attached hydrogen (secondary N) is 6. The van der Waals surface area contributed by atoms with Crippen molar-refractivity contribution in [3.05, 3.63) is 108 Å². The van der Waals surface area contributed by atoms with Crippen LogP contribution in [0.25, 0.3) is 66.2 Å². The summed E-state index contributed by atoms with van der Waals surface area (Å²) in [5.74, 6) is 5.18. The number of rotatable bonds is 43. The van der Waals surface area contributed by atoms with Crippen LogP contribution < -0.4 is 66.3 Å². The molecule has 0 aromatic carbocycles. The number of nitrogen functional groups attached to an aromatic ring is 6. The third-order valence-electron chi connectivity index (χ3n) is 23.6. The van der Waals surface area contributed by atoms with Gasteiger partial charge < -0.3 is 80.7 Å². The number of aromatic nitrogens is 18. The summed E-state index contributed by atoms with van der Waals surface area (Å²) in [4.78, 5) is 111. The molecule has 12 heterocycles. The predicted molar refractivity (Wildman–Crippen MR) is 545 cm³/mol. The van der Waals surface area contributed by atoms with Crippen molar-refractivity contribution in [1.82, 2.24) is 89.7 Å². The molecule has 18 N–H and O–H groups in total. The van der Waals surface area contributed by atoms with Gasteiger partial charge in [0.1, 0.15) is 56.3 Å². The molecule has 33 nitrogen and oxygen atoms in total. The molecule has 0 saturated carbocycles. The lowest BCUT2D eigenvalue weighted by molar-refractivity contribution is -0.118. The molecule has 0 unspecified atom stereocenters. The summed E-state index contributed by atoms with van der Waals surface area (Å²) < 4.78 is 13.3. The summed E-state index contributed by atoms with van der Waals surface area (Å²) >= 11 is 12.0. The van der Waals surface area contributed by atoms with Crippen molar-refractivity contribution in [2.45, 2.75) is 338 Å². The fourth-order valence-electron chi connectivity index (χ4n) is 15.1. The van der Waals surface area contributed by atoms with Gasteiger partial charge in [0, 0.05) is 89.5 Å². The van der Waals surface area contributed by atoms with Crippen molar-refractivity contribution in [3.8, 4) is 0 Å². The second-order valence-corrected chi connectivity index (χ2v) is 36.9. The van der Waals surface area contributed by atoms with Gasteiger partial charge in [-0.05, 0) is 188 Å². The standard InChI is InChI=1S/C18H26ClN5O.C18H27N5O.C17H24ClN5O.C15H22FN5.C15H23N5.C14H21N5/c1-4-5-6-8-18(3,9-7-12(2)25)24-16-15-14(22-17(20)23-16)10-13(19)11-21-15;1-4-5-6-10-18(3,11-9-13(2)24)23-16-15-14(8-7-12-20-15)21-17(19)22-16;1-4-5-7-17(3,8-6-11(2)24)23-15-14-13(21-16(19)22-15)9-12(18)10-20-14;1-4-6-7-15(3,5-2)21-13-12-11(19-14(17)20-13)8-10(16)9-18-12;1-4-6-9-15(3,5-2)20-13-12-11(8-7-10-17-12)18-14(16)19-13;1-4-8-14(3,5-2)19-12-11-10(7-6-9-16-11)17-13(15)18-12/h10-11H,4-9H2,1-3H3,(H3,20,22,23,24);7-8,12H,4-6,9-11H2,1-3H3,(H3,19,21,22,23);9-10H,4-8H2,1-3H3,(H3,19,21,22,23);8-9H,4-7H2,1-3H3,(H3,17,19,20,21);7-8,10H,4-6,9H2,1-3H3,(H3,16,18,19,20);6-7,9H,4-5,8H2,1-3H3,(H3,15,17,18,19)/t2*18-;17-;2*15-;14-/m110110/s1. The molecule has 0 aliphatic heterocycles. The normalized spacial score (nSPS) is 13.9. The summed E-state index contributed by atoms with van der Waals surface area (Å²) in [5.41, 5.74) is 41.9. The van der Waals surface area contributed by atoms with Gasteiger partial charge in [-0.3, -0.25) is 15.0 Å². The van der Waals surface area contributed by atoms with Gasteiger partial charge in [-0.1, -0.05) is 169 Å². The van der Waals surface area contributed by atoms with E-state index in [0.29, 0.717) is 91.2 Å². The maximum absolute atomic E-state index is 13.3. The molecular formula is C97H143Cl2FN30O3. The Hall–Kier alpha value is -11.9. The zero-order valence-corrected chi connectivity index (χ0v) is 82.8. The number of ketones is 3. The Labute approximate surface area is 792 Å². The molecule has 0 saturated heterocycles. The zero-order valence-electron chi connectivity index (χ0n) is 81.3. The highest BCUT2D eigenvalue weighted by atomic mass is 35.5. The highest BCUT2D eigenvalue weighted by molar-refractivity contribution is 6.31. The number of pyridine rings is 6. The monoisotopic (exact) mass is 1870 g/mol. The molecular weight excluding hydrogens is 1720 g/mol. The fraction of sp³-hybridized carbons (Fsp3) is 0.536. The van der Waals surface area contributed by atoms with Crippen molar-refractivity contribution in [3.63, 3.8) is 0 Å². The number of unbranched alkanes of at least 4 members (excludes halogenated alkanes) is 7. The number of carbonyl (C=O) groups is 3. The molecule has 0 amide bonds. The first kappa shape index (κ1) is 108. The van der Waals surface area contributed by atoms with Gasteiger partial charge in [0.05, 0.1) is 49.3 Å². The molecule has 36 heteroatoms. The van der Waals surface area contributed by atoms with Gasteiger partial charge in [0.2, 0.25) is 35.7 Å². The van der Waals surface area contributed by atoms with E-state index in [1.807, 2.05) is 36.4 Å². The van der Waals surface area contributed by atoms with Crippen LogP contribution in [0.4, 0.5) is 75.0 Å². The number of halogens is 3. The number of anilines is 12. The van der Waals surface area contributed by atoms with Crippen LogP contribution in [0, 0.1) is 5.82 Å². The molecule has 0 radical (unpaired) electrons. The van der Waals surface area contributed by atoms with Crippen molar-refractivity contribution in [2.24, 2.45) is 0 Å². The van der Waals surface area contributed by atoms with Crippen LogP contribution in [0.5, 0.6) is 0 Å². The molecule has 12 rings (SSSR count). The van der Waals surface area contributed by atoms with Gasteiger partial charge in [-0.25, -0.2) is 49.2 Å². The quantitative estimate of drug-likeness (QED) is 0.0158. The Morgan fingerprint density at radius 1 is 0.301 bits per heavy atom. The van der Waals surface area contributed by atoms with E-state index >= 15 is 0 Å². The fourth-order valence-corrected chi connectivity index (χ4v) is 15.4. The van der Waals surface area contributed by atoms with Crippen LogP contribution in [0.3, 0.4) is 0 Å². The van der Waals surface area contributed by atoms with E-state index in [1.165, 1.54) is 31.5 Å². The van der Waals surface area contributed by atoms with Gasteiger partial charge in [-0.2, -0.15) is 29.9 Å². The van der Waals surface area contributed by atoms with Crippen molar-refractivity contribution in [2.75, 3.05) is 66.3 Å². The first-order valence-electron chi connectivity index (χ1n) is 46.8. The highest BCUT2D eigenvalue weighted by Gasteiger charge is 2.32. The first-order valence-corrected chi connectivity index (χ1v) is 47.6. The van der Waals surface area contributed by atoms with Gasteiger partial charge in [0.25, 0.3) is 0 Å². The first-order chi connectivity index (χ1) is 63.2. The summed E-state index contributed by atoms with van der Waals surface area (Å²) in [6, 6.07) is 16.0. The number of carbonyl (C=O) groups excluding carboxylic acids is 3. The molecule has 133 heavy (non-hydrogen) atoms. The van der Waals surface area contributed by atoms with Crippen molar-refractivity contribution >= 4 is 177 Å². The minimum Gasteiger partial charge on any atom is -0.368 e. The summed E-state index contributed by atoms with van der Waals surface area (Å²) in [5, 5.41) is 21.9. The third-order valence-corrected chi connectivity index (χ3v) is 24.1. The Bertz CT molecular complexity index is 5760. The summed E-state index contributed by atoms with van der Waals surface area (Å²) in [7, 11) is 0. The van der Waals surface area contributed by atoms with Crippen LogP contribution in [-0.2, 0) is 14.4 Å². The molecule has 12 aromatic rings. The van der Waals surface area contributed by atoms with E-state index in [2.05, 4.69) is 225 Å². The van der Waals surface area contributed by atoms with E-state index in [4.69, 9.17) is 57.6 Å². The highest BCUT2D eigenvalue weighted by Crippen LogP contribution is 2.36. The Morgan fingerprint density at radius 2 is 0.541 bits per heavy atom. The van der Waals surface area contributed by atoms with E-state index < -0.39 is 5.82 Å². The van der Waals surface area contributed by atoms with Crippen molar-refractivity contribution < 1.29 is 18.8 Å². The second kappa shape index (κ2) is 51.9. The number of fused-ring (bicyclic) bond motifs is 6. The molecule has 0 bridgehead atoms. The van der Waals surface area contributed by atoms with Crippen molar-refractivity contribution in [1.29, 1.82) is 0 Å². The Balaban J connectivity index is 0.000000218. The smallest absolute Gasteiger partial charge is 0.222 e. The van der Waals surface area contributed by atoms with Gasteiger partial charge in [-0.15, -0.1) is 0 Å². The number of hydrogen-bond donors (Lipinski definition) is 12. The molecule has 720 valence electrons. The van der Waals surface area contributed by atoms with Gasteiger partial charge in [0.15, 0.2) is 34.9 Å². The lowest BCUT2D eigenvalue weighted by Gasteiger charge is -2.32. The average Bonchev–Trinajstić information content (AvgIpc) is 0.805. The van der Waals surface area contributed by atoms with E-state index in [1.54, 1.807) is 63.9 Å². The summed E-state index contributed by atoms with van der Waals surface area (Å²) in [6.45, 7) is 37.3. The van der Waals surface area contributed by atoms with Gasteiger partial charge >= 0.3 is 0 Å². The van der Waals surface area contributed by atoms with E-state index in [0.717, 1.165) is 180 Å².